The number of nitrogens with one attached hydrogen (secondary N) is 2. The van der Waals surface area contributed by atoms with Gasteiger partial charge in [0.25, 0.3) is 0 Å². The smallest absolute Gasteiger partial charge is 0.212 e. The maximum absolute atomic E-state index is 11.6. The number of aromatic nitrogens is 1. The van der Waals surface area contributed by atoms with Crippen LogP contribution < -0.4 is 10.0 Å². The molecule has 1 heterocycles. The fourth-order valence-corrected chi connectivity index (χ4v) is 3.44. The highest BCUT2D eigenvalue weighted by molar-refractivity contribution is 7.89. The van der Waals surface area contributed by atoms with Crippen molar-refractivity contribution >= 4 is 10.0 Å². The van der Waals surface area contributed by atoms with Crippen LogP contribution in [0.2, 0.25) is 0 Å². The minimum Gasteiger partial charge on any atom is -0.308 e. The van der Waals surface area contributed by atoms with Gasteiger partial charge >= 0.3 is 0 Å². The van der Waals surface area contributed by atoms with Crippen molar-refractivity contribution in [3.63, 3.8) is 0 Å². The summed E-state index contributed by atoms with van der Waals surface area (Å²) in [6.45, 7) is 2.68. The van der Waals surface area contributed by atoms with Gasteiger partial charge in [-0.15, -0.1) is 0 Å². The molecule has 1 aliphatic rings. The van der Waals surface area contributed by atoms with Gasteiger partial charge in [0.2, 0.25) is 10.0 Å². The predicted molar refractivity (Wildman–Crippen MR) is 75.4 cm³/mol. The third-order valence-electron chi connectivity index (χ3n) is 3.32. The number of rotatable bonds is 6. The van der Waals surface area contributed by atoms with Crippen LogP contribution >= 0.6 is 0 Å². The monoisotopic (exact) mass is 283 g/mol. The Labute approximate surface area is 114 Å². The first-order chi connectivity index (χ1) is 9.12. The van der Waals surface area contributed by atoms with E-state index in [1.807, 2.05) is 6.07 Å². The number of aryl methyl sites for hydroxylation is 1. The van der Waals surface area contributed by atoms with Crippen molar-refractivity contribution in [3.05, 3.63) is 29.6 Å². The van der Waals surface area contributed by atoms with Gasteiger partial charge in [-0.2, -0.15) is 0 Å². The molecule has 5 nitrogen and oxygen atoms in total. The molecule has 0 radical (unpaired) electrons. The summed E-state index contributed by atoms with van der Waals surface area (Å²) in [5.74, 6) is 0.111. The zero-order chi connectivity index (χ0) is 13.7. The Hall–Kier alpha value is -0.980. The Bertz CT molecular complexity index is 516. The standard InChI is InChI=1S/C13H21N3O2S/c1-2-16-19(17,18)10-9-14-12-7-3-5-11-6-4-8-15-13(11)12/h4,6,8,12,14,16H,2-3,5,7,9-10H2,1H3. The van der Waals surface area contributed by atoms with Gasteiger partial charge in [0.1, 0.15) is 0 Å². The molecule has 0 saturated carbocycles. The van der Waals surface area contributed by atoms with Crippen molar-refractivity contribution in [1.29, 1.82) is 0 Å². The first kappa shape index (κ1) is 14.4. The van der Waals surface area contributed by atoms with E-state index in [0.717, 1.165) is 25.0 Å². The highest BCUT2D eigenvalue weighted by atomic mass is 32.2. The minimum atomic E-state index is -3.14. The van der Waals surface area contributed by atoms with E-state index in [1.54, 1.807) is 13.1 Å². The van der Waals surface area contributed by atoms with E-state index in [9.17, 15) is 8.42 Å². The summed E-state index contributed by atoms with van der Waals surface area (Å²) in [7, 11) is -3.14. The molecule has 1 atom stereocenters. The molecule has 1 aliphatic carbocycles. The van der Waals surface area contributed by atoms with Crippen LogP contribution in [-0.2, 0) is 16.4 Å². The summed E-state index contributed by atoms with van der Waals surface area (Å²) < 4.78 is 25.6. The zero-order valence-electron chi connectivity index (χ0n) is 11.2. The van der Waals surface area contributed by atoms with Gasteiger partial charge in [0.05, 0.1) is 11.4 Å². The normalized spacial score (nSPS) is 19.1. The first-order valence-corrected chi connectivity index (χ1v) is 8.42. The average molecular weight is 283 g/mol. The number of sulfonamides is 1. The fraction of sp³-hybridized carbons (Fsp3) is 0.615. The first-order valence-electron chi connectivity index (χ1n) is 6.77. The van der Waals surface area contributed by atoms with Gasteiger partial charge < -0.3 is 5.32 Å². The van der Waals surface area contributed by atoms with Crippen LogP contribution in [0.4, 0.5) is 0 Å². The van der Waals surface area contributed by atoms with Crippen molar-refractivity contribution in [2.75, 3.05) is 18.8 Å². The summed E-state index contributed by atoms with van der Waals surface area (Å²) in [5.41, 5.74) is 2.36. The van der Waals surface area contributed by atoms with Crippen LogP contribution in [0.5, 0.6) is 0 Å². The number of hydrogen-bond donors (Lipinski definition) is 2. The summed E-state index contributed by atoms with van der Waals surface area (Å²) in [6, 6.07) is 4.24. The molecule has 0 saturated heterocycles. The Morgan fingerprint density at radius 1 is 1.47 bits per heavy atom. The SMILES string of the molecule is CCNS(=O)(=O)CCNC1CCCc2cccnc21. The molecule has 0 aliphatic heterocycles. The summed E-state index contributed by atoms with van der Waals surface area (Å²) in [6.07, 6.45) is 5.01. The molecule has 0 amide bonds. The molecule has 1 unspecified atom stereocenters. The molecular formula is C13H21N3O2S. The lowest BCUT2D eigenvalue weighted by molar-refractivity contribution is 0.458. The predicted octanol–water partition coefficient (Wildman–Crippen LogP) is 0.988. The van der Waals surface area contributed by atoms with E-state index in [2.05, 4.69) is 21.1 Å². The molecule has 1 aromatic heterocycles. The van der Waals surface area contributed by atoms with Crippen molar-refractivity contribution in [2.45, 2.75) is 32.2 Å². The van der Waals surface area contributed by atoms with E-state index < -0.39 is 10.0 Å². The van der Waals surface area contributed by atoms with Gasteiger partial charge in [-0.3, -0.25) is 4.98 Å². The van der Waals surface area contributed by atoms with Crippen LogP contribution in [0.25, 0.3) is 0 Å². The molecule has 1 aromatic rings. The van der Waals surface area contributed by atoms with Crippen molar-refractivity contribution in [2.24, 2.45) is 0 Å². The molecule has 19 heavy (non-hydrogen) atoms. The number of pyridine rings is 1. The maximum Gasteiger partial charge on any atom is 0.212 e. The van der Waals surface area contributed by atoms with Crippen LogP contribution in [0.1, 0.15) is 37.1 Å². The average Bonchev–Trinajstić information content (AvgIpc) is 2.39. The second-order valence-corrected chi connectivity index (χ2v) is 6.69. The van der Waals surface area contributed by atoms with Gasteiger partial charge in [-0.05, 0) is 30.9 Å². The van der Waals surface area contributed by atoms with Gasteiger partial charge in [-0.25, -0.2) is 13.1 Å². The fourth-order valence-electron chi connectivity index (χ4n) is 2.47. The lowest BCUT2D eigenvalue weighted by atomic mass is 9.92. The second-order valence-electron chi connectivity index (χ2n) is 4.76. The van der Waals surface area contributed by atoms with E-state index in [0.29, 0.717) is 13.1 Å². The largest absolute Gasteiger partial charge is 0.308 e. The molecular weight excluding hydrogens is 262 g/mol. The van der Waals surface area contributed by atoms with E-state index in [4.69, 9.17) is 0 Å². The Morgan fingerprint density at radius 2 is 2.32 bits per heavy atom. The molecule has 0 bridgehead atoms. The highest BCUT2D eigenvalue weighted by Crippen LogP contribution is 2.27. The summed E-state index contributed by atoms with van der Waals surface area (Å²) in [5, 5.41) is 3.31. The molecule has 2 N–H and O–H groups in total. The molecule has 0 aromatic carbocycles. The van der Waals surface area contributed by atoms with E-state index >= 15 is 0 Å². The Kier molecular flexibility index (Phi) is 4.90. The maximum atomic E-state index is 11.6. The lowest BCUT2D eigenvalue weighted by Gasteiger charge is -2.25. The van der Waals surface area contributed by atoms with Gasteiger partial charge in [-0.1, -0.05) is 13.0 Å². The van der Waals surface area contributed by atoms with E-state index in [1.165, 1.54) is 5.56 Å². The molecule has 0 spiro atoms. The van der Waals surface area contributed by atoms with Crippen molar-refractivity contribution in [3.8, 4) is 0 Å². The number of nitrogens with zero attached hydrogens (tertiary/aromatic N) is 1. The number of fused-ring (bicyclic) bond motifs is 1. The van der Waals surface area contributed by atoms with Crippen LogP contribution in [0.15, 0.2) is 18.3 Å². The Balaban J connectivity index is 1.91. The van der Waals surface area contributed by atoms with E-state index in [-0.39, 0.29) is 11.8 Å². The molecule has 6 heteroatoms. The third kappa shape index (κ3) is 3.99. The second kappa shape index (κ2) is 6.45. The molecule has 106 valence electrons. The topological polar surface area (TPSA) is 71.1 Å². The molecule has 2 rings (SSSR count). The number of hydrogen-bond acceptors (Lipinski definition) is 4. The van der Waals surface area contributed by atoms with Gasteiger partial charge in [0.15, 0.2) is 0 Å². The zero-order valence-corrected chi connectivity index (χ0v) is 12.0. The minimum absolute atomic E-state index is 0.111. The summed E-state index contributed by atoms with van der Waals surface area (Å²) in [4.78, 5) is 4.42. The van der Waals surface area contributed by atoms with Crippen LogP contribution in [-0.4, -0.2) is 32.2 Å². The summed E-state index contributed by atoms with van der Waals surface area (Å²) >= 11 is 0. The Morgan fingerprint density at radius 3 is 3.11 bits per heavy atom. The van der Waals surface area contributed by atoms with Crippen molar-refractivity contribution < 1.29 is 8.42 Å². The van der Waals surface area contributed by atoms with Crippen LogP contribution in [0, 0.1) is 0 Å². The quantitative estimate of drug-likeness (QED) is 0.816. The van der Waals surface area contributed by atoms with Crippen LogP contribution in [0.3, 0.4) is 0 Å². The lowest BCUT2D eigenvalue weighted by Crippen LogP contribution is -2.34. The third-order valence-corrected chi connectivity index (χ3v) is 4.79. The van der Waals surface area contributed by atoms with Gasteiger partial charge in [0, 0.05) is 25.3 Å². The van der Waals surface area contributed by atoms with Crippen molar-refractivity contribution in [1.82, 2.24) is 15.0 Å². The molecule has 0 fully saturated rings. The highest BCUT2D eigenvalue weighted by Gasteiger charge is 2.21.